The molecule has 0 aliphatic carbocycles. The van der Waals surface area contributed by atoms with Gasteiger partial charge in [-0.05, 0) is 50.2 Å². The normalized spacial score (nSPS) is 12.0. The number of para-hydroxylation sites is 2. The molecular formula is C19H17FN2O3. The van der Waals surface area contributed by atoms with Crippen molar-refractivity contribution >= 4 is 17.0 Å². The first-order valence-electron chi connectivity index (χ1n) is 7.84. The lowest BCUT2D eigenvalue weighted by Crippen LogP contribution is -2.26. The van der Waals surface area contributed by atoms with Crippen molar-refractivity contribution in [1.82, 2.24) is 9.97 Å². The Kier molecular flexibility index (Phi) is 4.88. The van der Waals surface area contributed by atoms with Crippen molar-refractivity contribution in [2.75, 3.05) is 0 Å². The molecule has 128 valence electrons. The van der Waals surface area contributed by atoms with Crippen molar-refractivity contribution in [2.45, 2.75) is 26.6 Å². The molecule has 6 heteroatoms. The fourth-order valence-electron chi connectivity index (χ4n) is 2.28. The Morgan fingerprint density at radius 1 is 1.08 bits per heavy atom. The Labute approximate surface area is 144 Å². The third-order valence-electron chi connectivity index (χ3n) is 3.65. The van der Waals surface area contributed by atoms with Crippen molar-refractivity contribution in [3.63, 3.8) is 0 Å². The predicted octanol–water partition coefficient (Wildman–Crippen LogP) is 3.59. The second kappa shape index (κ2) is 7.25. The van der Waals surface area contributed by atoms with Crippen LogP contribution in [0.2, 0.25) is 0 Å². The number of ether oxygens (including phenoxy) is 2. The van der Waals surface area contributed by atoms with Crippen LogP contribution in [-0.2, 0) is 16.1 Å². The Balaban J connectivity index is 1.63. The van der Waals surface area contributed by atoms with Crippen LogP contribution >= 0.6 is 0 Å². The van der Waals surface area contributed by atoms with Crippen molar-refractivity contribution in [3.05, 3.63) is 65.7 Å². The second-order valence-corrected chi connectivity index (χ2v) is 5.57. The second-order valence-electron chi connectivity index (χ2n) is 5.57. The molecule has 1 heterocycles. The van der Waals surface area contributed by atoms with Crippen LogP contribution in [0.15, 0.2) is 48.5 Å². The number of carbonyl (C=O) groups is 1. The smallest absolute Gasteiger partial charge is 0.347 e. The van der Waals surface area contributed by atoms with E-state index in [1.165, 1.54) is 24.3 Å². The van der Waals surface area contributed by atoms with Gasteiger partial charge in [0.1, 0.15) is 18.2 Å². The van der Waals surface area contributed by atoms with Gasteiger partial charge in [-0.2, -0.15) is 0 Å². The minimum atomic E-state index is -0.820. The maximum atomic E-state index is 12.9. The van der Waals surface area contributed by atoms with Gasteiger partial charge in [-0.25, -0.2) is 19.2 Å². The number of hydrogen-bond acceptors (Lipinski definition) is 5. The standard InChI is InChI=1S/C19H17FN2O3/c1-12-18(22-17-6-4-3-5-16(17)21-12)11-24-19(23)13(2)25-15-9-7-14(20)8-10-15/h3-10,13H,11H2,1-2H3. The largest absolute Gasteiger partial charge is 0.479 e. The summed E-state index contributed by atoms with van der Waals surface area (Å²) in [6, 6.07) is 12.9. The maximum absolute atomic E-state index is 12.9. The predicted molar refractivity (Wildman–Crippen MR) is 90.6 cm³/mol. The van der Waals surface area contributed by atoms with E-state index in [1.807, 2.05) is 31.2 Å². The molecule has 3 rings (SSSR count). The van der Waals surface area contributed by atoms with E-state index in [4.69, 9.17) is 9.47 Å². The average Bonchev–Trinajstić information content (AvgIpc) is 2.61. The summed E-state index contributed by atoms with van der Waals surface area (Å²) in [5, 5.41) is 0. The topological polar surface area (TPSA) is 61.3 Å². The number of fused-ring (bicyclic) bond motifs is 1. The van der Waals surface area contributed by atoms with E-state index in [9.17, 15) is 9.18 Å². The van der Waals surface area contributed by atoms with Gasteiger partial charge in [-0.15, -0.1) is 0 Å². The third kappa shape index (κ3) is 4.09. The SMILES string of the molecule is Cc1nc2ccccc2nc1COC(=O)C(C)Oc1ccc(F)cc1. The summed E-state index contributed by atoms with van der Waals surface area (Å²) in [4.78, 5) is 21.0. The molecular weight excluding hydrogens is 323 g/mol. The highest BCUT2D eigenvalue weighted by molar-refractivity contribution is 5.75. The molecule has 0 fully saturated rings. The summed E-state index contributed by atoms with van der Waals surface area (Å²) in [5.74, 6) is -0.501. The van der Waals surface area contributed by atoms with Gasteiger partial charge in [-0.1, -0.05) is 12.1 Å². The first kappa shape index (κ1) is 16.8. The van der Waals surface area contributed by atoms with Crippen LogP contribution in [0, 0.1) is 12.7 Å². The Morgan fingerprint density at radius 3 is 2.40 bits per heavy atom. The van der Waals surface area contributed by atoms with Gasteiger partial charge in [0.25, 0.3) is 0 Å². The molecule has 1 aromatic heterocycles. The third-order valence-corrected chi connectivity index (χ3v) is 3.65. The van der Waals surface area contributed by atoms with E-state index in [-0.39, 0.29) is 12.4 Å². The number of aryl methyl sites for hydroxylation is 1. The van der Waals surface area contributed by atoms with Crippen LogP contribution in [0.5, 0.6) is 5.75 Å². The molecule has 0 saturated carbocycles. The highest BCUT2D eigenvalue weighted by Crippen LogP contribution is 2.15. The molecule has 0 bridgehead atoms. The monoisotopic (exact) mass is 340 g/mol. The lowest BCUT2D eigenvalue weighted by Gasteiger charge is -2.14. The Hall–Kier alpha value is -3.02. The van der Waals surface area contributed by atoms with Gasteiger partial charge in [0.15, 0.2) is 6.10 Å². The van der Waals surface area contributed by atoms with E-state index in [0.717, 1.165) is 11.0 Å². The first-order valence-corrected chi connectivity index (χ1v) is 7.84. The number of halogens is 1. The molecule has 1 atom stereocenters. The van der Waals surface area contributed by atoms with E-state index in [2.05, 4.69) is 9.97 Å². The number of aromatic nitrogens is 2. The Bertz CT molecular complexity index is 897. The van der Waals surface area contributed by atoms with E-state index < -0.39 is 12.1 Å². The number of benzene rings is 2. The van der Waals surface area contributed by atoms with Gasteiger partial charge < -0.3 is 9.47 Å². The van der Waals surface area contributed by atoms with Gasteiger partial charge in [0.05, 0.1) is 22.4 Å². The van der Waals surface area contributed by atoms with Gasteiger partial charge in [0, 0.05) is 0 Å². The van der Waals surface area contributed by atoms with Crippen LogP contribution in [0.3, 0.4) is 0 Å². The molecule has 0 amide bonds. The summed E-state index contributed by atoms with van der Waals surface area (Å²) < 4.78 is 23.6. The first-order chi connectivity index (χ1) is 12.0. The van der Waals surface area contributed by atoms with E-state index in [1.54, 1.807) is 6.92 Å². The van der Waals surface area contributed by atoms with E-state index in [0.29, 0.717) is 17.1 Å². The molecule has 0 aliphatic heterocycles. The van der Waals surface area contributed by atoms with Gasteiger partial charge in [0.2, 0.25) is 0 Å². The van der Waals surface area contributed by atoms with Crippen LogP contribution in [0.4, 0.5) is 4.39 Å². The van der Waals surface area contributed by atoms with Crippen LogP contribution < -0.4 is 4.74 Å². The fourth-order valence-corrected chi connectivity index (χ4v) is 2.28. The molecule has 0 radical (unpaired) electrons. The number of rotatable bonds is 5. The number of carbonyl (C=O) groups excluding carboxylic acids is 1. The average molecular weight is 340 g/mol. The summed E-state index contributed by atoms with van der Waals surface area (Å²) >= 11 is 0. The lowest BCUT2D eigenvalue weighted by molar-refractivity contribution is -0.152. The quantitative estimate of drug-likeness (QED) is 0.664. The maximum Gasteiger partial charge on any atom is 0.347 e. The minimum Gasteiger partial charge on any atom is -0.479 e. The summed E-state index contributed by atoms with van der Waals surface area (Å²) in [5.41, 5.74) is 2.84. The number of hydrogen-bond donors (Lipinski definition) is 0. The molecule has 2 aromatic carbocycles. The summed E-state index contributed by atoms with van der Waals surface area (Å²) in [6.07, 6.45) is -0.820. The minimum absolute atomic E-state index is 0.0135. The molecule has 3 aromatic rings. The molecule has 25 heavy (non-hydrogen) atoms. The molecule has 0 aliphatic rings. The van der Waals surface area contributed by atoms with Crippen LogP contribution in [-0.4, -0.2) is 22.0 Å². The van der Waals surface area contributed by atoms with E-state index >= 15 is 0 Å². The summed E-state index contributed by atoms with van der Waals surface area (Å²) in [6.45, 7) is 3.41. The zero-order valence-corrected chi connectivity index (χ0v) is 13.9. The van der Waals surface area contributed by atoms with Crippen LogP contribution in [0.25, 0.3) is 11.0 Å². The highest BCUT2D eigenvalue weighted by Gasteiger charge is 2.17. The molecule has 0 spiro atoms. The van der Waals surface area contributed by atoms with Gasteiger partial charge in [-0.3, -0.25) is 0 Å². The highest BCUT2D eigenvalue weighted by atomic mass is 19.1. The van der Waals surface area contributed by atoms with Crippen molar-refractivity contribution in [2.24, 2.45) is 0 Å². The Morgan fingerprint density at radius 2 is 1.72 bits per heavy atom. The fraction of sp³-hybridized carbons (Fsp3) is 0.211. The molecule has 0 N–H and O–H groups in total. The zero-order valence-electron chi connectivity index (χ0n) is 13.9. The number of esters is 1. The van der Waals surface area contributed by atoms with Gasteiger partial charge >= 0.3 is 5.97 Å². The number of nitrogens with zero attached hydrogens (tertiary/aromatic N) is 2. The summed E-state index contributed by atoms with van der Waals surface area (Å²) in [7, 11) is 0. The molecule has 1 unspecified atom stereocenters. The van der Waals surface area contributed by atoms with Crippen LogP contribution in [0.1, 0.15) is 18.3 Å². The van der Waals surface area contributed by atoms with Crippen molar-refractivity contribution in [1.29, 1.82) is 0 Å². The van der Waals surface area contributed by atoms with Crippen molar-refractivity contribution in [3.8, 4) is 5.75 Å². The van der Waals surface area contributed by atoms with Crippen molar-refractivity contribution < 1.29 is 18.7 Å². The zero-order chi connectivity index (χ0) is 17.8. The molecule has 5 nitrogen and oxygen atoms in total. The lowest BCUT2D eigenvalue weighted by atomic mass is 10.2. The molecule has 0 saturated heterocycles.